The first-order valence-corrected chi connectivity index (χ1v) is 6.82. The molecule has 0 aliphatic heterocycles. The minimum atomic E-state index is -0.156. The Balaban J connectivity index is 2.01. The Kier molecular flexibility index (Phi) is 8.78. The number of halogens is 1. The van der Waals surface area contributed by atoms with Crippen molar-refractivity contribution in [3.63, 3.8) is 0 Å². The van der Waals surface area contributed by atoms with E-state index in [4.69, 9.17) is 25.8 Å². The van der Waals surface area contributed by atoms with E-state index in [9.17, 15) is 4.79 Å². The molecule has 0 aliphatic rings. The molecular formula is C14H20ClNO4. The molecule has 1 aromatic rings. The molecule has 1 N–H and O–H groups in total. The summed E-state index contributed by atoms with van der Waals surface area (Å²) < 4.78 is 15.4. The summed E-state index contributed by atoms with van der Waals surface area (Å²) in [6.07, 6.45) is 0.760. The van der Waals surface area contributed by atoms with Crippen LogP contribution in [0.3, 0.4) is 0 Å². The van der Waals surface area contributed by atoms with E-state index in [1.807, 2.05) is 0 Å². The second kappa shape index (κ2) is 10.5. The molecule has 1 rings (SSSR count). The van der Waals surface area contributed by atoms with Gasteiger partial charge < -0.3 is 19.5 Å². The Hall–Kier alpha value is -1.30. The minimum absolute atomic E-state index is 0.00777. The van der Waals surface area contributed by atoms with Crippen molar-refractivity contribution in [2.24, 2.45) is 0 Å². The van der Waals surface area contributed by atoms with Gasteiger partial charge in [-0.05, 0) is 30.7 Å². The molecule has 0 unspecified atom stereocenters. The summed E-state index contributed by atoms with van der Waals surface area (Å²) in [6.45, 7) is 2.31. The van der Waals surface area contributed by atoms with Crippen LogP contribution in [0.2, 0.25) is 5.02 Å². The highest BCUT2D eigenvalue weighted by Gasteiger charge is 2.02. The predicted molar refractivity (Wildman–Crippen MR) is 77.3 cm³/mol. The van der Waals surface area contributed by atoms with Crippen molar-refractivity contribution < 1.29 is 19.0 Å². The van der Waals surface area contributed by atoms with Crippen molar-refractivity contribution in [3.05, 3.63) is 29.3 Å². The monoisotopic (exact) mass is 301 g/mol. The lowest BCUT2D eigenvalue weighted by molar-refractivity contribution is -0.123. The fraction of sp³-hybridized carbons (Fsp3) is 0.500. The molecule has 6 heteroatoms. The number of amides is 1. The Bertz CT molecular complexity index is 383. The van der Waals surface area contributed by atoms with Crippen LogP contribution in [0.1, 0.15) is 6.42 Å². The molecule has 0 spiro atoms. The third-order valence-corrected chi connectivity index (χ3v) is 2.65. The summed E-state index contributed by atoms with van der Waals surface area (Å²) in [7, 11) is 1.63. The fourth-order valence-electron chi connectivity index (χ4n) is 1.38. The molecule has 0 saturated heterocycles. The smallest absolute Gasteiger partial charge is 0.257 e. The number of benzene rings is 1. The summed E-state index contributed by atoms with van der Waals surface area (Å²) in [6, 6.07) is 6.87. The van der Waals surface area contributed by atoms with E-state index in [1.165, 1.54) is 0 Å². The van der Waals surface area contributed by atoms with Crippen LogP contribution in [0.25, 0.3) is 0 Å². The number of ether oxygens (including phenoxy) is 3. The molecule has 0 saturated carbocycles. The first-order chi connectivity index (χ1) is 9.72. The highest BCUT2D eigenvalue weighted by molar-refractivity contribution is 6.30. The quantitative estimate of drug-likeness (QED) is 0.671. The van der Waals surface area contributed by atoms with Gasteiger partial charge >= 0.3 is 0 Å². The molecule has 5 nitrogen and oxygen atoms in total. The van der Waals surface area contributed by atoms with E-state index in [2.05, 4.69) is 5.32 Å². The molecule has 0 heterocycles. The van der Waals surface area contributed by atoms with Crippen molar-refractivity contribution in [1.29, 1.82) is 0 Å². The lowest BCUT2D eigenvalue weighted by atomic mass is 10.3. The number of nitrogens with one attached hydrogen (secondary N) is 1. The van der Waals surface area contributed by atoms with Gasteiger partial charge in [-0.1, -0.05) is 11.6 Å². The summed E-state index contributed by atoms with van der Waals surface area (Å²) in [5, 5.41) is 3.39. The zero-order valence-electron chi connectivity index (χ0n) is 11.6. The molecule has 112 valence electrons. The molecular weight excluding hydrogens is 282 g/mol. The first kappa shape index (κ1) is 16.8. The molecule has 0 bridgehead atoms. The predicted octanol–water partition coefficient (Wildman–Crippen LogP) is 1.89. The number of carbonyl (C=O) groups is 1. The van der Waals surface area contributed by atoms with Crippen LogP contribution in [-0.4, -0.2) is 46.0 Å². The van der Waals surface area contributed by atoms with E-state index in [-0.39, 0.29) is 12.5 Å². The summed E-state index contributed by atoms with van der Waals surface area (Å²) in [5.41, 5.74) is 0. The standard InChI is InChI=1S/C14H20ClNO4/c1-18-9-10-19-8-2-7-16-14(17)11-20-13-5-3-12(15)4-6-13/h3-6H,2,7-11H2,1H3,(H,16,17). The Morgan fingerprint density at radius 1 is 1.20 bits per heavy atom. The third-order valence-electron chi connectivity index (χ3n) is 2.40. The van der Waals surface area contributed by atoms with Crippen LogP contribution in [0.4, 0.5) is 0 Å². The van der Waals surface area contributed by atoms with Crippen molar-refractivity contribution >= 4 is 17.5 Å². The van der Waals surface area contributed by atoms with Gasteiger partial charge in [-0.15, -0.1) is 0 Å². The van der Waals surface area contributed by atoms with Gasteiger partial charge in [0.1, 0.15) is 5.75 Å². The van der Waals surface area contributed by atoms with E-state index < -0.39 is 0 Å². The molecule has 1 aromatic carbocycles. The maximum atomic E-state index is 11.5. The van der Waals surface area contributed by atoms with Crippen molar-refractivity contribution in [2.45, 2.75) is 6.42 Å². The Labute approximate surface area is 124 Å². The maximum absolute atomic E-state index is 11.5. The highest BCUT2D eigenvalue weighted by atomic mass is 35.5. The largest absolute Gasteiger partial charge is 0.484 e. The Morgan fingerprint density at radius 2 is 1.95 bits per heavy atom. The molecule has 0 aliphatic carbocycles. The van der Waals surface area contributed by atoms with Crippen LogP contribution in [0.15, 0.2) is 24.3 Å². The lowest BCUT2D eigenvalue weighted by Gasteiger charge is -2.08. The number of rotatable bonds is 10. The van der Waals surface area contributed by atoms with Gasteiger partial charge in [-0.2, -0.15) is 0 Å². The number of hydrogen-bond donors (Lipinski definition) is 1. The van der Waals surface area contributed by atoms with Crippen LogP contribution in [-0.2, 0) is 14.3 Å². The molecule has 20 heavy (non-hydrogen) atoms. The van der Waals surface area contributed by atoms with Gasteiger partial charge in [0, 0.05) is 25.3 Å². The normalized spacial score (nSPS) is 10.3. The van der Waals surface area contributed by atoms with Crippen LogP contribution in [0, 0.1) is 0 Å². The van der Waals surface area contributed by atoms with Gasteiger partial charge in [-0.25, -0.2) is 0 Å². The summed E-state index contributed by atoms with van der Waals surface area (Å²) in [4.78, 5) is 11.5. The average molecular weight is 302 g/mol. The molecule has 0 aromatic heterocycles. The minimum Gasteiger partial charge on any atom is -0.484 e. The third kappa shape index (κ3) is 7.99. The summed E-state index contributed by atoms with van der Waals surface area (Å²) in [5.74, 6) is 0.462. The zero-order chi connectivity index (χ0) is 14.6. The van der Waals surface area contributed by atoms with E-state index in [1.54, 1.807) is 31.4 Å². The number of carbonyl (C=O) groups excluding carboxylic acids is 1. The second-order valence-electron chi connectivity index (χ2n) is 4.05. The van der Waals surface area contributed by atoms with Gasteiger partial charge in [0.15, 0.2) is 6.61 Å². The topological polar surface area (TPSA) is 56.8 Å². The van der Waals surface area contributed by atoms with Crippen molar-refractivity contribution in [2.75, 3.05) is 40.1 Å². The number of hydrogen-bond acceptors (Lipinski definition) is 4. The number of methoxy groups -OCH3 is 1. The van der Waals surface area contributed by atoms with E-state index >= 15 is 0 Å². The second-order valence-corrected chi connectivity index (χ2v) is 4.49. The molecule has 1 amide bonds. The maximum Gasteiger partial charge on any atom is 0.257 e. The first-order valence-electron chi connectivity index (χ1n) is 6.44. The summed E-state index contributed by atoms with van der Waals surface area (Å²) >= 11 is 5.75. The van der Waals surface area contributed by atoms with Gasteiger partial charge in [0.05, 0.1) is 13.2 Å². The van der Waals surface area contributed by atoms with Crippen LogP contribution < -0.4 is 10.1 Å². The lowest BCUT2D eigenvalue weighted by Crippen LogP contribution is -2.30. The molecule has 0 radical (unpaired) electrons. The highest BCUT2D eigenvalue weighted by Crippen LogP contribution is 2.15. The Morgan fingerprint density at radius 3 is 2.65 bits per heavy atom. The molecule has 0 fully saturated rings. The molecule has 0 atom stereocenters. The van der Waals surface area contributed by atoms with Gasteiger partial charge in [0.25, 0.3) is 5.91 Å². The van der Waals surface area contributed by atoms with Gasteiger partial charge in [-0.3, -0.25) is 4.79 Å². The van der Waals surface area contributed by atoms with Crippen molar-refractivity contribution in [1.82, 2.24) is 5.32 Å². The fourth-order valence-corrected chi connectivity index (χ4v) is 1.50. The average Bonchev–Trinajstić information content (AvgIpc) is 2.46. The zero-order valence-corrected chi connectivity index (χ0v) is 12.3. The van der Waals surface area contributed by atoms with Crippen LogP contribution in [0.5, 0.6) is 5.75 Å². The van der Waals surface area contributed by atoms with Gasteiger partial charge in [0.2, 0.25) is 0 Å². The van der Waals surface area contributed by atoms with E-state index in [0.717, 1.165) is 6.42 Å². The van der Waals surface area contributed by atoms with E-state index in [0.29, 0.717) is 37.1 Å². The van der Waals surface area contributed by atoms with Crippen LogP contribution >= 0.6 is 11.6 Å². The van der Waals surface area contributed by atoms with Crippen molar-refractivity contribution in [3.8, 4) is 5.75 Å². The SMILES string of the molecule is COCCOCCCNC(=O)COc1ccc(Cl)cc1.